The lowest BCUT2D eigenvalue weighted by molar-refractivity contribution is -0.118. The monoisotopic (exact) mass is 194 g/mol. The van der Waals surface area contributed by atoms with Crippen molar-refractivity contribution in [1.82, 2.24) is 0 Å². The Hall–Kier alpha value is -1.31. The number of phenols is 1. The molecule has 1 aromatic rings. The molecule has 0 unspecified atom stereocenters. The maximum Gasteiger partial charge on any atom is 0.132 e. The maximum absolute atomic E-state index is 10.2. The molecule has 0 amide bonds. The summed E-state index contributed by atoms with van der Waals surface area (Å²) in [7, 11) is 0. The van der Waals surface area contributed by atoms with Gasteiger partial charge in [-0.1, -0.05) is 32.0 Å². The number of hydrogen-bond acceptors (Lipinski definition) is 2. The number of carbonyl (C=O) groups is 1. The van der Waals surface area contributed by atoms with Crippen LogP contribution in [-0.4, -0.2) is 10.9 Å². The molecule has 0 atom stereocenters. The average molecular weight is 194 g/mol. The molecule has 0 aliphatic heterocycles. The number of rotatable bonds is 2. The van der Waals surface area contributed by atoms with Crippen LogP contribution in [0.3, 0.4) is 0 Å². The fraction of sp³-hybridized carbons (Fsp3) is 0.417. The van der Waals surface area contributed by atoms with Crippen molar-refractivity contribution in [2.45, 2.75) is 33.6 Å². The summed E-state index contributed by atoms with van der Waals surface area (Å²) >= 11 is 0. The SMILES string of the molecule is CCC(=O)CC.Cc1ccccc1O. The van der Waals surface area contributed by atoms with Gasteiger partial charge in [0.15, 0.2) is 0 Å². The summed E-state index contributed by atoms with van der Waals surface area (Å²) in [4.78, 5) is 10.2. The molecule has 0 spiro atoms. The molecule has 0 heterocycles. The Bertz CT molecular complexity index is 252. The molecule has 2 heteroatoms. The van der Waals surface area contributed by atoms with Crippen LogP contribution < -0.4 is 0 Å². The van der Waals surface area contributed by atoms with E-state index in [9.17, 15) is 4.79 Å². The summed E-state index contributed by atoms with van der Waals surface area (Å²) in [5.74, 6) is 0.711. The van der Waals surface area contributed by atoms with Gasteiger partial charge >= 0.3 is 0 Å². The molecule has 78 valence electrons. The van der Waals surface area contributed by atoms with E-state index < -0.39 is 0 Å². The fourth-order valence-corrected chi connectivity index (χ4v) is 0.813. The van der Waals surface area contributed by atoms with Gasteiger partial charge in [0.25, 0.3) is 0 Å². The highest BCUT2D eigenvalue weighted by Crippen LogP contribution is 2.12. The number of aromatic hydroxyl groups is 1. The molecule has 0 aliphatic carbocycles. The number of para-hydroxylation sites is 1. The highest BCUT2D eigenvalue weighted by atomic mass is 16.3. The molecule has 2 nitrogen and oxygen atoms in total. The topological polar surface area (TPSA) is 37.3 Å². The van der Waals surface area contributed by atoms with Crippen LogP contribution in [0.2, 0.25) is 0 Å². The van der Waals surface area contributed by atoms with Crippen LogP contribution in [0, 0.1) is 6.92 Å². The Morgan fingerprint density at radius 1 is 1.21 bits per heavy atom. The van der Waals surface area contributed by atoms with Crippen LogP contribution in [0.1, 0.15) is 32.3 Å². The second kappa shape index (κ2) is 7.13. The molecule has 14 heavy (non-hydrogen) atoms. The first-order valence-corrected chi connectivity index (χ1v) is 4.88. The zero-order valence-electron chi connectivity index (χ0n) is 9.08. The summed E-state index contributed by atoms with van der Waals surface area (Å²) in [6, 6.07) is 7.25. The third kappa shape index (κ3) is 5.36. The summed E-state index contributed by atoms with van der Waals surface area (Å²) in [6.07, 6.45) is 1.38. The Balaban J connectivity index is 0.000000255. The maximum atomic E-state index is 10.2. The van der Waals surface area contributed by atoms with Gasteiger partial charge in [0, 0.05) is 12.8 Å². The largest absolute Gasteiger partial charge is 0.508 e. The lowest BCUT2D eigenvalue weighted by Crippen LogP contribution is -1.88. The van der Waals surface area contributed by atoms with Crippen molar-refractivity contribution in [3.8, 4) is 5.75 Å². The number of Topliss-reactive ketones (excluding diaryl/α,β-unsaturated/α-hetero) is 1. The van der Waals surface area contributed by atoms with Crippen molar-refractivity contribution in [2.24, 2.45) is 0 Å². The van der Waals surface area contributed by atoms with E-state index in [1.807, 2.05) is 39.0 Å². The Kier molecular flexibility index (Phi) is 6.46. The molecule has 0 bridgehead atoms. The van der Waals surface area contributed by atoms with E-state index in [4.69, 9.17) is 5.11 Å². The predicted molar refractivity (Wildman–Crippen MR) is 58.4 cm³/mol. The van der Waals surface area contributed by atoms with Gasteiger partial charge in [-0.3, -0.25) is 4.79 Å². The van der Waals surface area contributed by atoms with Crippen LogP contribution >= 0.6 is 0 Å². The number of aryl methyl sites for hydroxylation is 1. The lowest BCUT2D eigenvalue weighted by atomic mass is 10.2. The first-order valence-electron chi connectivity index (χ1n) is 4.88. The summed E-state index contributed by atoms with van der Waals surface area (Å²) in [6.45, 7) is 5.63. The van der Waals surface area contributed by atoms with Crippen LogP contribution in [0.5, 0.6) is 5.75 Å². The minimum atomic E-state index is 0.343. The van der Waals surface area contributed by atoms with E-state index in [0.29, 0.717) is 24.4 Å². The summed E-state index contributed by atoms with van der Waals surface area (Å²) in [5.41, 5.74) is 0.924. The smallest absolute Gasteiger partial charge is 0.132 e. The van der Waals surface area contributed by atoms with Gasteiger partial charge in [-0.05, 0) is 18.6 Å². The normalized spacial score (nSPS) is 8.79. The number of benzene rings is 1. The highest BCUT2D eigenvalue weighted by Gasteiger charge is 1.87. The van der Waals surface area contributed by atoms with E-state index in [2.05, 4.69) is 0 Å². The van der Waals surface area contributed by atoms with Crippen LogP contribution in [0.15, 0.2) is 24.3 Å². The van der Waals surface area contributed by atoms with Gasteiger partial charge in [0.05, 0.1) is 0 Å². The minimum absolute atomic E-state index is 0.343. The number of ketones is 1. The van der Waals surface area contributed by atoms with Gasteiger partial charge in [-0.25, -0.2) is 0 Å². The van der Waals surface area contributed by atoms with Crippen LogP contribution in [-0.2, 0) is 4.79 Å². The zero-order chi connectivity index (χ0) is 11.0. The molecule has 0 saturated carbocycles. The number of carbonyl (C=O) groups excluding carboxylic acids is 1. The van der Waals surface area contributed by atoms with Crippen molar-refractivity contribution < 1.29 is 9.90 Å². The number of phenolic OH excluding ortho intramolecular Hbond substituents is 1. The molecule has 0 saturated heterocycles. The Morgan fingerprint density at radius 3 is 1.93 bits per heavy atom. The second-order valence-corrected chi connectivity index (χ2v) is 3.03. The molecule has 0 aliphatic rings. The van der Waals surface area contributed by atoms with E-state index in [0.717, 1.165) is 5.56 Å². The van der Waals surface area contributed by atoms with Gasteiger partial charge in [0.1, 0.15) is 11.5 Å². The zero-order valence-corrected chi connectivity index (χ0v) is 9.08. The predicted octanol–water partition coefficient (Wildman–Crippen LogP) is 3.08. The molecule has 0 fully saturated rings. The van der Waals surface area contributed by atoms with Crippen molar-refractivity contribution in [1.29, 1.82) is 0 Å². The van der Waals surface area contributed by atoms with Gasteiger partial charge in [-0.15, -0.1) is 0 Å². The van der Waals surface area contributed by atoms with Gasteiger partial charge in [-0.2, -0.15) is 0 Å². The molecule has 1 rings (SSSR count). The highest BCUT2D eigenvalue weighted by molar-refractivity contribution is 5.77. The quantitative estimate of drug-likeness (QED) is 0.785. The summed E-state index contributed by atoms with van der Waals surface area (Å²) < 4.78 is 0. The minimum Gasteiger partial charge on any atom is -0.508 e. The Morgan fingerprint density at radius 2 is 1.71 bits per heavy atom. The number of hydrogen-bond donors (Lipinski definition) is 1. The van der Waals surface area contributed by atoms with Crippen molar-refractivity contribution in [2.75, 3.05) is 0 Å². The second-order valence-electron chi connectivity index (χ2n) is 3.03. The van der Waals surface area contributed by atoms with E-state index in [-0.39, 0.29) is 0 Å². The lowest BCUT2D eigenvalue weighted by Gasteiger charge is -1.92. The third-order valence-electron chi connectivity index (χ3n) is 1.90. The fourth-order valence-electron chi connectivity index (χ4n) is 0.813. The van der Waals surface area contributed by atoms with Crippen LogP contribution in [0.4, 0.5) is 0 Å². The first kappa shape index (κ1) is 12.7. The molecular weight excluding hydrogens is 176 g/mol. The standard InChI is InChI=1S/C7H8O.C5H10O/c1-6-4-2-3-5-7(6)8;1-3-5(6)4-2/h2-5,8H,1H3;3-4H2,1-2H3. The third-order valence-corrected chi connectivity index (χ3v) is 1.90. The molecule has 0 radical (unpaired) electrons. The van der Waals surface area contributed by atoms with Gasteiger partial charge < -0.3 is 5.11 Å². The molecule has 1 N–H and O–H groups in total. The van der Waals surface area contributed by atoms with Gasteiger partial charge in [0.2, 0.25) is 0 Å². The van der Waals surface area contributed by atoms with E-state index in [1.165, 1.54) is 0 Å². The first-order chi connectivity index (χ1) is 6.61. The van der Waals surface area contributed by atoms with Crippen molar-refractivity contribution >= 4 is 5.78 Å². The van der Waals surface area contributed by atoms with E-state index >= 15 is 0 Å². The van der Waals surface area contributed by atoms with E-state index in [1.54, 1.807) is 6.07 Å². The van der Waals surface area contributed by atoms with Crippen molar-refractivity contribution in [3.05, 3.63) is 29.8 Å². The molecule has 1 aromatic carbocycles. The molecule has 0 aromatic heterocycles. The van der Waals surface area contributed by atoms with Crippen molar-refractivity contribution in [3.63, 3.8) is 0 Å². The average Bonchev–Trinajstić information content (AvgIpc) is 2.22. The van der Waals surface area contributed by atoms with Crippen LogP contribution in [0.25, 0.3) is 0 Å². The molecular formula is C12H18O2. The Labute approximate surface area is 85.6 Å². The summed E-state index contributed by atoms with van der Waals surface area (Å²) in [5, 5.41) is 8.92.